The smallest absolute Gasteiger partial charge is 0.0352 e. The molecular weight excluding hydrogens is 601 g/mol. The minimum absolute atomic E-state index is 0.241. The quantitative estimate of drug-likeness (QED) is 0.177. The highest BCUT2D eigenvalue weighted by molar-refractivity contribution is 5.88. The summed E-state index contributed by atoms with van der Waals surface area (Å²) >= 11 is 0. The third-order valence-electron chi connectivity index (χ3n) is 10.9. The molecule has 0 radical (unpaired) electrons. The summed E-state index contributed by atoms with van der Waals surface area (Å²) in [5, 5.41) is 0. The number of hydrogen-bond donors (Lipinski definition) is 0. The first kappa shape index (κ1) is 28.7. The number of hydrogen-bond acceptors (Lipinski definition) is 0. The Morgan fingerprint density at radius 2 is 0.580 bits per heavy atom. The number of fused-ring (bicyclic) bond motifs is 6. The van der Waals surface area contributed by atoms with Crippen molar-refractivity contribution < 1.29 is 0 Å². The van der Waals surface area contributed by atoms with E-state index in [2.05, 4.69) is 194 Å². The summed E-state index contributed by atoms with van der Waals surface area (Å²) in [7, 11) is 0. The highest BCUT2D eigenvalue weighted by atomic mass is 14.3. The van der Waals surface area contributed by atoms with E-state index in [0.29, 0.717) is 0 Å². The molecule has 234 valence electrons. The summed E-state index contributed by atoms with van der Waals surface area (Å²) in [4.78, 5) is 0. The van der Waals surface area contributed by atoms with Gasteiger partial charge in [0.05, 0.1) is 0 Å². The van der Waals surface area contributed by atoms with Gasteiger partial charge in [0.1, 0.15) is 0 Å². The molecule has 0 heterocycles. The van der Waals surface area contributed by atoms with Gasteiger partial charge in [-0.15, -0.1) is 0 Å². The van der Waals surface area contributed by atoms with Gasteiger partial charge in [0, 0.05) is 11.8 Å². The molecule has 2 aliphatic rings. The molecule has 0 saturated heterocycles. The van der Waals surface area contributed by atoms with Gasteiger partial charge in [-0.05, 0) is 95.1 Å². The molecule has 0 saturated carbocycles. The summed E-state index contributed by atoms with van der Waals surface area (Å²) in [5.41, 5.74) is 21.0. The van der Waals surface area contributed by atoms with E-state index in [4.69, 9.17) is 0 Å². The Balaban J connectivity index is 1.06. The molecule has 2 aliphatic carbocycles. The summed E-state index contributed by atoms with van der Waals surface area (Å²) < 4.78 is 0. The minimum Gasteiger partial charge on any atom is -0.0622 e. The molecule has 0 unspecified atom stereocenters. The molecule has 0 nitrogen and oxygen atoms in total. The van der Waals surface area contributed by atoms with E-state index in [0.717, 1.165) is 0 Å². The molecule has 8 aromatic rings. The van der Waals surface area contributed by atoms with Gasteiger partial charge in [-0.25, -0.2) is 0 Å². The summed E-state index contributed by atoms with van der Waals surface area (Å²) in [6.45, 7) is 0. The third kappa shape index (κ3) is 4.60. The van der Waals surface area contributed by atoms with Crippen LogP contribution in [0.2, 0.25) is 0 Å². The Bertz CT molecular complexity index is 2430. The maximum absolute atomic E-state index is 2.37. The van der Waals surface area contributed by atoms with Crippen LogP contribution >= 0.6 is 0 Å². The number of benzene rings is 8. The van der Waals surface area contributed by atoms with Crippen molar-refractivity contribution in [2.24, 2.45) is 0 Å². The van der Waals surface area contributed by atoms with Crippen LogP contribution in [0.3, 0.4) is 0 Å². The predicted octanol–water partition coefficient (Wildman–Crippen LogP) is 13.0. The fraction of sp³-hybridized carbons (Fsp3) is 0.0400. The van der Waals surface area contributed by atoms with Crippen LogP contribution in [0.1, 0.15) is 45.2 Å². The molecule has 0 amide bonds. The Labute approximate surface area is 294 Å². The van der Waals surface area contributed by atoms with Gasteiger partial charge >= 0.3 is 0 Å². The largest absolute Gasteiger partial charge is 0.0622 e. The average molecular weight is 635 g/mol. The van der Waals surface area contributed by atoms with Gasteiger partial charge in [-0.3, -0.25) is 0 Å². The molecule has 0 aromatic heterocycles. The van der Waals surface area contributed by atoms with Crippen molar-refractivity contribution in [2.45, 2.75) is 11.8 Å². The second kappa shape index (κ2) is 11.7. The van der Waals surface area contributed by atoms with Crippen LogP contribution in [0, 0.1) is 0 Å². The van der Waals surface area contributed by atoms with E-state index in [1.165, 1.54) is 89.0 Å². The zero-order valence-corrected chi connectivity index (χ0v) is 27.6. The fourth-order valence-corrected chi connectivity index (χ4v) is 8.58. The molecule has 8 aromatic carbocycles. The van der Waals surface area contributed by atoms with Gasteiger partial charge in [-0.1, -0.05) is 188 Å². The predicted molar refractivity (Wildman–Crippen MR) is 208 cm³/mol. The van der Waals surface area contributed by atoms with E-state index in [1.807, 2.05) is 0 Å². The molecule has 0 spiro atoms. The van der Waals surface area contributed by atoms with E-state index in [1.54, 1.807) is 0 Å². The molecule has 0 fully saturated rings. The maximum Gasteiger partial charge on any atom is 0.0352 e. The summed E-state index contributed by atoms with van der Waals surface area (Å²) in [6, 6.07) is 71.8. The van der Waals surface area contributed by atoms with Crippen molar-refractivity contribution in [3.05, 3.63) is 228 Å². The van der Waals surface area contributed by atoms with Gasteiger partial charge < -0.3 is 0 Å². The molecule has 50 heavy (non-hydrogen) atoms. The highest BCUT2D eigenvalue weighted by Crippen LogP contribution is 2.50. The van der Waals surface area contributed by atoms with Gasteiger partial charge in [0.2, 0.25) is 0 Å². The second-order valence-electron chi connectivity index (χ2n) is 13.6. The van der Waals surface area contributed by atoms with Gasteiger partial charge in [0.25, 0.3) is 0 Å². The molecule has 0 N–H and O–H groups in total. The lowest BCUT2D eigenvalue weighted by atomic mass is 9.86. The molecule has 0 bridgehead atoms. The fourth-order valence-electron chi connectivity index (χ4n) is 8.58. The second-order valence-corrected chi connectivity index (χ2v) is 13.6. The molecule has 0 atom stereocenters. The van der Waals surface area contributed by atoms with Crippen LogP contribution in [0.5, 0.6) is 0 Å². The SMILES string of the molecule is c1ccc(-c2ccc(-c3ccc(C4c5ccccc5-c5ccccc54)cc3)c(-c3ccc(C4c5ccccc5-c5ccccc54)cc3)c2)cc1. The Morgan fingerprint density at radius 1 is 0.220 bits per heavy atom. The molecule has 0 heteroatoms. The van der Waals surface area contributed by atoms with Crippen molar-refractivity contribution in [1.29, 1.82) is 0 Å². The maximum atomic E-state index is 2.37. The van der Waals surface area contributed by atoms with Crippen LogP contribution in [0.25, 0.3) is 55.6 Å². The van der Waals surface area contributed by atoms with E-state index < -0.39 is 0 Å². The standard InChI is InChI=1S/C50H34/c1-2-12-33(13-3-1)38-30-31-39(34-22-26-36(27-23-34)49-44-18-8-4-14-40(44)41-15-5-9-19-45(41)49)48(32-38)35-24-28-37(29-25-35)50-46-20-10-6-16-42(46)43-17-7-11-21-47(43)50/h1-32,49-50H. The molecular formula is C50H34. The first-order valence-electron chi connectivity index (χ1n) is 17.6. The zero-order valence-electron chi connectivity index (χ0n) is 27.6. The Hall–Kier alpha value is -6.24. The third-order valence-corrected chi connectivity index (χ3v) is 10.9. The van der Waals surface area contributed by atoms with E-state index in [9.17, 15) is 0 Å². The lowest BCUT2D eigenvalue weighted by molar-refractivity contribution is 1.01. The van der Waals surface area contributed by atoms with Crippen molar-refractivity contribution >= 4 is 0 Å². The summed E-state index contributed by atoms with van der Waals surface area (Å²) in [5.74, 6) is 0.486. The lowest BCUT2D eigenvalue weighted by Crippen LogP contribution is -1.99. The van der Waals surface area contributed by atoms with Gasteiger partial charge in [0.15, 0.2) is 0 Å². The number of rotatable bonds is 5. The topological polar surface area (TPSA) is 0 Å². The van der Waals surface area contributed by atoms with Gasteiger partial charge in [-0.2, -0.15) is 0 Å². The van der Waals surface area contributed by atoms with E-state index in [-0.39, 0.29) is 11.8 Å². The average Bonchev–Trinajstić information content (AvgIpc) is 3.71. The van der Waals surface area contributed by atoms with Crippen LogP contribution in [-0.2, 0) is 0 Å². The van der Waals surface area contributed by atoms with Crippen molar-refractivity contribution in [3.63, 3.8) is 0 Å². The van der Waals surface area contributed by atoms with Crippen molar-refractivity contribution in [1.82, 2.24) is 0 Å². The van der Waals surface area contributed by atoms with Crippen molar-refractivity contribution in [2.75, 3.05) is 0 Å². The van der Waals surface area contributed by atoms with E-state index >= 15 is 0 Å². The Kier molecular flexibility index (Phi) is 6.74. The van der Waals surface area contributed by atoms with Crippen LogP contribution < -0.4 is 0 Å². The summed E-state index contributed by atoms with van der Waals surface area (Å²) in [6.07, 6.45) is 0. The van der Waals surface area contributed by atoms with Crippen molar-refractivity contribution in [3.8, 4) is 55.6 Å². The monoisotopic (exact) mass is 634 g/mol. The Morgan fingerprint density at radius 3 is 1.02 bits per heavy atom. The first-order valence-corrected chi connectivity index (χ1v) is 17.6. The minimum atomic E-state index is 0.241. The highest BCUT2D eigenvalue weighted by Gasteiger charge is 2.30. The van der Waals surface area contributed by atoms with Crippen LogP contribution in [0.4, 0.5) is 0 Å². The zero-order chi connectivity index (χ0) is 33.0. The first-order chi connectivity index (χ1) is 24.8. The van der Waals surface area contributed by atoms with Crippen LogP contribution in [0.15, 0.2) is 194 Å². The van der Waals surface area contributed by atoms with Crippen LogP contribution in [-0.4, -0.2) is 0 Å². The molecule has 10 rings (SSSR count). The molecule has 0 aliphatic heterocycles. The normalized spacial score (nSPS) is 13.0. The lowest BCUT2D eigenvalue weighted by Gasteiger charge is -2.18.